The zero-order valence-electron chi connectivity index (χ0n) is 16.4. The fourth-order valence-corrected chi connectivity index (χ4v) is 4.89. The lowest BCUT2D eigenvalue weighted by Crippen LogP contribution is -2.12. The van der Waals surface area contributed by atoms with E-state index in [1.807, 2.05) is 24.3 Å². The number of aromatic nitrogens is 1. The van der Waals surface area contributed by atoms with Gasteiger partial charge in [0.25, 0.3) is 0 Å². The first kappa shape index (κ1) is 19.7. The number of anilines is 1. The van der Waals surface area contributed by atoms with Crippen LogP contribution in [0.5, 0.6) is 0 Å². The zero-order chi connectivity index (χ0) is 20.2. The number of nitrogens with zero attached hydrogens (tertiary/aromatic N) is 1. The number of thiazole rings is 1. The van der Waals surface area contributed by atoms with E-state index in [0.29, 0.717) is 6.42 Å². The zero-order valence-corrected chi connectivity index (χ0v) is 18.1. The fourth-order valence-electron chi connectivity index (χ4n) is 2.97. The number of carbonyl (C=O) groups excluding carboxylic acids is 1. The van der Waals surface area contributed by atoms with Gasteiger partial charge in [0, 0.05) is 28.3 Å². The fraction of sp³-hybridized carbons (Fsp3) is 0.167. The molecular weight excluding hydrogens is 396 g/mol. The molecule has 1 aromatic heterocycles. The van der Waals surface area contributed by atoms with Crippen molar-refractivity contribution in [1.29, 1.82) is 0 Å². The molecule has 0 saturated heterocycles. The molecule has 3 nitrogen and oxygen atoms in total. The first-order valence-electron chi connectivity index (χ1n) is 9.54. The maximum Gasteiger partial charge on any atom is 0.225 e. The average Bonchev–Trinajstić information content (AvgIpc) is 3.13. The van der Waals surface area contributed by atoms with E-state index in [1.165, 1.54) is 20.7 Å². The number of benzene rings is 3. The summed E-state index contributed by atoms with van der Waals surface area (Å²) in [5.41, 5.74) is 5.40. The molecule has 0 bridgehead atoms. The molecule has 1 N–H and O–H groups in total. The molecule has 4 aromatic rings. The molecule has 1 amide bonds. The minimum Gasteiger partial charge on any atom is -0.326 e. The van der Waals surface area contributed by atoms with Crippen LogP contribution in [0.4, 0.5) is 5.69 Å². The second-order valence-electron chi connectivity index (χ2n) is 7.03. The van der Waals surface area contributed by atoms with Crippen molar-refractivity contribution in [2.24, 2.45) is 0 Å². The minimum atomic E-state index is 0.0350. The third-order valence-corrected chi connectivity index (χ3v) is 6.66. The number of hydrogen-bond donors (Lipinski definition) is 1. The van der Waals surface area contributed by atoms with Crippen LogP contribution in [0.3, 0.4) is 0 Å². The van der Waals surface area contributed by atoms with Crippen LogP contribution in [-0.4, -0.2) is 16.6 Å². The van der Waals surface area contributed by atoms with Crippen LogP contribution in [-0.2, 0) is 4.79 Å². The van der Waals surface area contributed by atoms with Gasteiger partial charge in [-0.05, 0) is 67.9 Å². The lowest BCUT2D eigenvalue weighted by Gasteiger charge is -2.06. The van der Waals surface area contributed by atoms with Crippen LogP contribution in [0.15, 0.2) is 71.6 Å². The predicted octanol–water partition coefficient (Wildman–Crippen LogP) is 6.70. The Morgan fingerprint density at radius 3 is 2.45 bits per heavy atom. The number of amides is 1. The van der Waals surface area contributed by atoms with Gasteiger partial charge in [-0.1, -0.05) is 23.8 Å². The Morgan fingerprint density at radius 1 is 0.966 bits per heavy atom. The Kier molecular flexibility index (Phi) is 5.97. The van der Waals surface area contributed by atoms with Gasteiger partial charge in [0.15, 0.2) is 0 Å². The Balaban J connectivity index is 1.33. The van der Waals surface area contributed by atoms with Crippen molar-refractivity contribution in [3.63, 3.8) is 0 Å². The van der Waals surface area contributed by atoms with Crippen molar-refractivity contribution in [3.8, 4) is 10.6 Å². The van der Waals surface area contributed by atoms with Gasteiger partial charge >= 0.3 is 0 Å². The molecular formula is C24H22N2OS2. The molecule has 0 aliphatic rings. The molecule has 0 aliphatic carbocycles. The Morgan fingerprint density at radius 2 is 1.69 bits per heavy atom. The van der Waals surface area contributed by atoms with Gasteiger partial charge in [-0.3, -0.25) is 4.79 Å². The Bertz CT molecular complexity index is 1130. The molecule has 0 aliphatic heterocycles. The third kappa shape index (κ3) is 5.05. The Hall–Kier alpha value is -2.63. The van der Waals surface area contributed by atoms with Crippen LogP contribution in [0, 0.1) is 13.8 Å². The number of hydrogen-bond acceptors (Lipinski definition) is 4. The lowest BCUT2D eigenvalue weighted by molar-refractivity contribution is -0.115. The maximum absolute atomic E-state index is 12.2. The van der Waals surface area contributed by atoms with Crippen molar-refractivity contribution >= 4 is 44.9 Å². The quantitative estimate of drug-likeness (QED) is 0.354. The molecule has 0 fully saturated rings. The second kappa shape index (κ2) is 8.80. The van der Waals surface area contributed by atoms with E-state index < -0.39 is 0 Å². The standard InChI is InChI=1S/C24H22N2OS2/c1-16-3-10-20(11-4-16)28-14-13-23(27)25-19-8-6-18(7-9-19)24-26-21-12-5-17(2)15-22(21)29-24/h3-12,15H,13-14H2,1-2H3,(H,25,27). The van der Waals surface area contributed by atoms with E-state index in [0.717, 1.165) is 27.5 Å². The topological polar surface area (TPSA) is 42.0 Å². The van der Waals surface area contributed by atoms with Gasteiger partial charge < -0.3 is 5.32 Å². The average molecular weight is 419 g/mol. The van der Waals surface area contributed by atoms with Gasteiger partial charge in [-0.2, -0.15) is 0 Å². The number of carbonyl (C=O) groups is 1. The first-order valence-corrected chi connectivity index (χ1v) is 11.3. The summed E-state index contributed by atoms with van der Waals surface area (Å²) in [6.45, 7) is 4.17. The highest BCUT2D eigenvalue weighted by Gasteiger charge is 2.08. The van der Waals surface area contributed by atoms with E-state index in [-0.39, 0.29) is 5.91 Å². The van der Waals surface area contributed by atoms with E-state index in [4.69, 9.17) is 4.98 Å². The number of rotatable bonds is 6. The van der Waals surface area contributed by atoms with Crippen molar-refractivity contribution in [3.05, 3.63) is 77.9 Å². The summed E-state index contributed by atoms with van der Waals surface area (Å²) >= 11 is 3.40. The normalized spacial score (nSPS) is 11.0. The summed E-state index contributed by atoms with van der Waals surface area (Å²) in [7, 11) is 0. The van der Waals surface area contributed by atoms with Gasteiger partial charge in [-0.15, -0.1) is 23.1 Å². The molecule has 4 rings (SSSR count). The van der Waals surface area contributed by atoms with E-state index in [2.05, 4.69) is 61.6 Å². The highest BCUT2D eigenvalue weighted by Crippen LogP contribution is 2.31. The number of aryl methyl sites for hydroxylation is 2. The monoisotopic (exact) mass is 418 g/mol. The molecule has 5 heteroatoms. The maximum atomic E-state index is 12.2. The van der Waals surface area contributed by atoms with Gasteiger partial charge in [0.1, 0.15) is 5.01 Å². The molecule has 0 saturated carbocycles. The molecule has 146 valence electrons. The number of nitrogens with one attached hydrogen (secondary N) is 1. The van der Waals surface area contributed by atoms with Crippen molar-refractivity contribution in [2.45, 2.75) is 25.2 Å². The smallest absolute Gasteiger partial charge is 0.225 e. The van der Waals surface area contributed by atoms with Gasteiger partial charge in [-0.25, -0.2) is 4.98 Å². The summed E-state index contributed by atoms with van der Waals surface area (Å²) in [4.78, 5) is 18.1. The van der Waals surface area contributed by atoms with E-state index >= 15 is 0 Å². The summed E-state index contributed by atoms with van der Waals surface area (Å²) in [5, 5.41) is 3.98. The van der Waals surface area contributed by atoms with E-state index in [9.17, 15) is 4.79 Å². The van der Waals surface area contributed by atoms with Crippen LogP contribution >= 0.6 is 23.1 Å². The molecule has 1 heterocycles. The molecule has 0 radical (unpaired) electrons. The molecule has 0 unspecified atom stereocenters. The molecule has 0 atom stereocenters. The third-order valence-electron chi connectivity index (χ3n) is 4.58. The summed E-state index contributed by atoms with van der Waals surface area (Å²) in [5.74, 6) is 0.797. The summed E-state index contributed by atoms with van der Waals surface area (Å²) in [6.07, 6.45) is 0.484. The van der Waals surface area contributed by atoms with Crippen molar-refractivity contribution in [2.75, 3.05) is 11.1 Å². The molecule has 29 heavy (non-hydrogen) atoms. The second-order valence-corrected chi connectivity index (χ2v) is 9.23. The number of fused-ring (bicyclic) bond motifs is 1. The molecule has 3 aromatic carbocycles. The van der Waals surface area contributed by atoms with Crippen molar-refractivity contribution < 1.29 is 4.79 Å². The molecule has 0 spiro atoms. The van der Waals surface area contributed by atoms with Crippen LogP contribution in [0.1, 0.15) is 17.5 Å². The first-order chi connectivity index (χ1) is 14.1. The summed E-state index contributed by atoms with van der Waals surface area (Å²) < 4.78 is 1.20. The minimum absolute atomic E-state index is 0.0350. The highest BCUT2D eigenvalue weighted by molar-refractivity contribution is 7.99. The lowest BCUT2D eigenvalue weighted by atomic mass is 10.2. The SMILES string of the molecule is Cc1ccc(SCCC(=O)Nc2ccc(-c3nc4ccc(C)cc4s3)cc2)cc1. The van der Waals surface area contributed by atoms with Crippen LogP contribution in [0.25, 0.3) is 20.8 Å². The Labute approximate surface area is 179 Å². The number of thioether (sulfide) groups is 1. The van der Waals surface area contributed by atoms with Gasteiger partial charge in [0.2, 0.25) is 5.91 Å². The van der Waals surface area contributed by atoms with Crippen LogP contribution in [0.2, 0.25) is 0 Å². The van der Waals surface area contributed by atoms with E-state index in [1.54, 1.807) is 23.1 Å². The largest absolute Gasteiger partial charge is 0.326 e. The summed E-state index contributed by atoms with van der Waals surface area (Å²) in [6, 6.07) is 22.6. The van der Waals surface area contributed by atoms with Crippen molar-refractivity contribution in [1.82, 2.24) is 4.98 Å². The van der Waals surface area contributed by atoms with Gasteiger partial charge in [0.05, 0.1) is 10.2 Å². The van der Waals surface area contributed by atoms with Crippen LogP contribution < -0.4 is 5.32 Å². The highest BCUT2D eigenvalue weighted by atomic mass is 32.2. The predicted molar refractivity (Wildman–Crippen MR) is 125 cm³/mol.